The van der Waals surface area contributed by atoms with Gasteiger partial charge in [-0.15, -0.1) is 0 Å². The molecule has 53 heavy (non-hydrogen) atoms. The molecular weight excluding hydrogens is 697 g/mol. The molecule has 0 spiro atoms. The van der Waals surface area contributed by atoms with Crippen molar-refractivity contribution >= 4 is 25.7 Å². The summed E-state index contributed by atoms with van der Waals surface area (Å²) in [6, 6.07) is 0. The molecule has 0 amide bonds. The smallest absolute Gasteiger partial charge is 0.472 e. The number of carboxylic acid groups (broad SMARTS) is 1. The summed E-state index contributed by atoms with van der Waals surface area (Å²) < 4.78 is 34.2. The normalized spacial score (nSPS) is 13.5. The number of carbonyl (C=O) groups is 3. The van der Waals surface area contributed by atoms with E-state index >= 15 is 0 Å². The molecule has 11 nitrogen and oxygen atoms in total. The summed E-state index contributed by atoms with van der Waals surface area (Å²) in [7, 11) is 1.44. The highest BCUT2D eigenvalue weighted by atomic mass is 31.2. The molecule has 0 bridgehead atoms. The van der Waals surface area contributed by atoms with Gasteiger partial charge in [0.15, 0.2) is 6.10 Å². The molecule has 314 valence electrons. The van der Waals surface area contributed by atoms with Gasteiger partial charge in [-0.1, -0.05) is 155 Å². The Labute approximate surface area is 323 Å². The number of carboxylic acids is 1. The Morgan fingerprint density at radius 3 is 1.32 bits per heavy atom. The van der Waals surface area contributed by atoms with Crippen LogP contribution in [0, 0.1) is 0 Å². The topological polar surface area (TPSA) is 146 Å². The first-order valence-corrected chi connectivity index (χ1v) is 22.8. The standard InChI is InChI=1S/C41H80NO10P/c1-5-6-7-8-9-10-11-13-17-20-23-26-29-32-40(45)49-36-38(37-51-53(47,48)50-35-34-42(2,3)4)52-41(46)33-30-27-24-21-18-15-12-14-16-19-22-25-28-31-39(43)44/h38H,5-37H2,1-4H3,(H-,43,44,47,48)/p+1/t38-/m1/s1. The summed E-state index contributed by atoms with van der Waals surface area (Å²) in [5.74, 6) is -1.54. The Kier molecular flexibility index (Phi) is 33.9. The molecule has 0 rings (SSSR count). The number of esters is 2. The molecule has 0 aliphatic carbocycles. The summed E-state index contributed by atoms with van der Waals surface area (Å²) >= 11 is 0. The molecule has 0 aromatic rings. The second-order valence-electron chi connectivity index (χ2n) is 15.9. The Bertz CT molecular complexity index is 942. The van der Waals surface area contributed by atoms with Gasteiger partial charge in [0, 0.05) is 19.3 Å². The first kappa shape index (κ1) is 51.5. The fourth-order valence-electron chi connectivity index (χ4n) is 6.04. The molecule has 0 fully saturated rings. The van der Waals surface area contributed by atoms with Gasteiger partial charge in [0.2, 0.25) is 0 Å². The van der Waals surface area contributed by atoms with E-state index in [-0.39, 0.29) is 38.4 Å². The highest BCUT2D eigenvalue weighted by Crippen LogP contribution is 2.43. The average Bonchev–Trinajstić information content (AvgIpc) is 3.08. The zero-order valence-electron chi connectivity index (χ0n) is 34.5. The SMILES string of the molecule is CCCCCCCCCCCCCCCC(=O)OC[C@H](COP(=O)(O)OCC[N+](C)(C)C)OC(=O)CCCCCCCCCCCCCCCC(=O)O. The molecule has 2 N–H and O–H groups in total. The van der Waals surface area contributed by atoms with E-state index < -0.39 is 32.5 Å². The van der Waals surface area contributed by atoms with Crippen molar-refractivity contribution in [3.63, 3.8) is 0 Å². The molecule has 0 saturated carbocycles. The molecule has 0 aromatic carbocycles. The third-order valence-corrected chi connectivity index (χ3v) is 10.4. The Morgan fingerprint density at radius 1 is 0.547 bits per heavy atom. The zero-order chi connectivity index (χ0) is 39.5. The van der Waals surface area contributed by atoms with Crippen molar-refractivity contribution in [2.75, 3.05) is 47.5 Å². The van der Waals surface area contributed by atoms with Crippen LogP contribution >= 0.6 is 7.82 Å². The van der Waals surface area contributed by atoms with Gasteiger partial charge in [-0.25, -0.2) is 4.57 Å². The number of likely N-dealkylation sites (N-methyl/N-ethyl adjacent to an activating group) is 1. The maximum absolute atomic E-state index is 12.7. The number of rotatable bonds is 40. The van der Waals surface area contributed by atoms with E-state index in [1.165, 1.54) is 103 Å². The van der Waals surface area contributed by atoms with Gasteiger partial charge < -0.3 is 24.0 Å². The number of phosphoric ester groups is 1. The number of nitrogens with zero attached hydrogens (tertiary/aromatic N) is 1. The molecule has 0 radical (unpaired) electrons. The van der Waals surface area contributed by atoms with E-state index in [0.717, 1.165) is 57.8 Å². The molecule has 0 aromatic heterocycles. The summed E-state index contributed by atoms with van der Waals surface area (Å²) in [6.45, 7) is 2.11. The van der Waals surface area contributed by atoms with Crippen LogP contribution < -0.4 is 0 Å². The second kappa shape index (κ2) is 34.9. The van der Waals surface area contributed by atoms with Gasteiger partial charge in [0.25, 0.3) is 0 Å². The minimum atomic E-state index is -4.38. The third kappa shape index (κ3) is 40.0. The first-order valence-electron chi connectivity index (χ1n) is 21.3. The molecule has 0 aliphatic rings. The number of aliphatic carboxylic acids is 1. The predicted octanol–water partition coefficient (Wildman–Crippen LogP) is 10.7. The molecular formula is C41H81NO10P+. The molecule has 0 aliphatic heterocycles. The number of carbonyl (C=O) groups excluding carboxylic acids is 2. The minimum absolute atomic E-state index is 0.0213. The van der Waals surface area contributed by atoms with Crippen molar-refractivity contribution in [1.29, 1.82) is 0 Å². The van der Waals surface area contributed by atoms with Gasteiger partial charge in [0.05, 0.1) is 27.7 Å². The van der Waals surface area contributed by atoms with E-state index in [1.54, 1.807) is 0 Å². The van der Waals surface area contributed by atoms with E-state index in [0.29, 0.717) is 17.4 Å². The van der Waals surface area contributed by atoms with Crippen molar-refractivity contribution in [2.45, 2.75) is 199 Å². The lowest BCUT2D eigenvalue weighted by Gasteiger charge is -2.24. The largest absolute Gasteiger partial charge is 0.481 e. The Morgan fingerprint density at radius 2 is 0.925 bits per heavy atom. The number of ether oxygens (including phenoxy) is 2. The number of hydrogen-bond acceptors (Lipinski definition) is 8. The van der Waals surface area contributed by atoms with Crippen LogP contribution in [0.1, 0.15) is 193 Å². The van der Waals surface area contributed by atoms with Gasteiger partial charge >= 0.3 is 25.7 Å². The fourth-order valence-corrected chi connectivity index (χ4v) is 6.78. The summed E-state index contributed by atoms with van der Waals surface area (Å²) in [5.41, 5.74) is 0. The molecule has 0 saturated heterocycles. The van der Waals surface area contributed by atoms with Crippen LogP contribution in [0.5, 0.6) is 0 Å². The van der Waals surface area contributed by atoms with Gasteiger partial charge in [-0.05, 0) is 19.3 Å². The number of phosphoric acid groups is 1. The van der Waals surface area contributed by atoms with E-state index in [9.17, 15) is 23.8 Å². The Hall–Kier alpha value is -1.52. The zero-order valence-corrected chi connectivity index (χ0v) is 35.4. The lowest BCUT2D eigenvalue weighted by molar-refractivity contribution is -0.870. The van der Waals surface area contributed by atoms with E-state index in [4.69, 9.17) is 23.6 Å². The summed E-state index contributed by atoms with van der Waals surface area (Å²) in [6.07, 6.45) is 29.4. The van der Waals surface area contributed by atoms with Gasteiger partial charge in [0.1, 0.15) is 19.8 Å². The van der Waals surface area contributed by atoms with Gasteiger partial charge in [-0.3, -0.25) is 23.4 Å². The summed E-state index contributed by atoms with van der Waals surface area (Å²) in [5, 5.41) is 8.68. The number of quaternary nitrogens is 1. The molecule has 12 heteroatoms. The average molecular weight is 779 g/mol. The highest BCUT2D eigenvalue weighted by Gasteiger charge is 2.27. The summed E-state index contributed by atoms with van der Waals surface area (Å²) in [4.78, 5) is 45.8. The monoisotopic (exact) mass is 779 g/mol. The highest BCUT2D eigenvalue weighted by molar-refractivity contribution is 7.47. The predicted molar refractivity (Wildman–Crippen MR) is 213 cm³/mol. The van der Waals surface area contributed by atoms with Crippen molar-refractivity contribution in [2.24, 2.45) is 0 Å². The van der Waals surface area contributed by atoms with Crippen LogP contribution in [-0.2, 0) is 37.5 Å². The third-order valence-electron chi connectivity index (χ3n) is 9.42. The van der Waals surface area contributed by atoms with Crippen molar-refractivity contribution in [3.8, 4) is 0 Å². The second-order valence-corrected chi connectivity index (χ2v) is 17.3. The van der Waals surface area contributed by atoms with Crippen molar-refractivity contribution < 1.29 is 52.0 Å². The first-order chi connectivity index (χ1) is 25.3. The van der Waals surface area contributed by atoms with E-state index in [2.05, 4.69) is 6.92 Å². The maximum atomic E-state index is 12.7. The molecule has 2 atom stereocenters. The van der Waals surface area contributed by atoms with Crippen molar-refractivity contribution in [1.82, 2.24) is 0 Å². The van der Waals surface area contributed by atoms with E-state index in [1.807, 2.05) is 21.1 Å². The van der Waals surface area contributed by atoms with Gasteiger partial charge in [-0.2, -0.15) is 0 Å². The lowest BCUT2D eigenvalue weighted by Crippen LogP contribution is -2.37. The van der Waals surface area contributed by atoms with Crippen LogP contribution in [-0.4, -0.2) is 86.0 Å². The van der Waals surface area contributed by atoms with Crippen LogP contribution in [0.25, 0.3) is 0 Å². The quantitative estimate of drug-likeness (QED) is 0.0267. The molecule has 1 unspecified atom stereocenters. The minimum Gasteiger partial charge on any atom is -0.481 e. The van der Waals surface area contributed by atoms with Crippen molar-refractivity contribution in [3.05, 3.63) is 0 Å². The fraction of sp³-hybridized carbons (Fsp3) is 0.927. The Balaban J connectivity index is 4.32. The maximum Gasteiger partial charge on any atom is 0.472 e. The number of hydrogen-bond donors (Lipinski definition) is 2. The lowest BCUT2D eigenvalue weighted by atomic mass is 10.0. The number of unbranched alkanes of at least 4 members (excludes halogenated alkanes) is 24. The van der Waals surface area contributed by atoms with Crippen LogP contribution in [0.4, 0.5) is 0 Å². The van der Waals surface area contributed by atoms with Crippen LogP contribution in [0.15, 0.2) is 0 Å². The molecule has 0 heterocycles. The van der Waals surface area contributed by atoms with Crippen LogP contribution in [0.2, 0.25) is 0 Å². The van der Waals surface area contributed by atoms with Crippen LogP contribution in [0.3, 0.4) is 0 Å².